The number of fused-ring (bicyclic) bond motifs is 1. The van der Waals surface area contributed by atoms with Crippen LogP contribution in [0.5, 0.6) is 11.5 Å². The van der Waals surface area contributed by atoms with Gasteiger partial charge >= 0.3 is 0 Å². The Hall–Kier alpha value is -3.25. The maximum atomic E-state index is 13.0. The molecule has 1 aliphatic carbocycles. The molecule has 1 aromatic heterocycles. The molecule has 0 spiro atoms. The molecule has 0 saturated heterocycles. The number of ether oxygens (including phenoxy) is 2. The van der Waals surface area contributed by atoms with Crippen molar-refractivity contribution in [2.45, 2.75) is 57.7 Å². The van der Waals surface area contributed by atoms with Gasteiger partial charge in [-0.1, -0.05) is 59.5 Å². The highest BCUT2D eigenvalue weighted by Crippen LogP contribution is 2.29. The standard InChI is InChI=1S/C31H33BrN2O3/c1-36-27-9-5-6-23(16-27)19-34-20-24(17-31(35)33-26-7-3-2-4-8-26)29-18-28(14-15-30(29)34)37-21-22-10-12-25(32)13-11-22/h5-6,9-16,18,20,26H,2-4,7-8,17,19,21H2,1H3,(H,33,35). The number of benzene rings is 3. The van der Waals surface area contributed by atoms with E-state index in [2.05, 4.69) is 56.3 Å². The van der Waals surface area contributed by atoms with Gasteiger partial charge in [0.2, 0.25) is 5.91 Å². The van der Waals surface area contributed by atoms with Crippen LogP contribution in [0.3, 0.4) is 0 Å². The van der Waals surface area contributed by atoms with Gasteiger partial charge < -0.3 is 19.4 Å². The Bertz CT molecular complexity index is 1360. The van der Waals surface area contributed by atoms with Gasteiger partial charge in [-0.2, -0.15) is 0 Å². The van der Waals surface area contributed by atoms with Crippen molar-refractivity contribution in [3.63, 3.8) is 0 Å². The molecule has 6 heteroatoms. The molecule has 5 nitrogen and oxygen atoms in total. The van der Waals surface area contributed by atoms with Gasteiger partial charge in [0.05, 0.1) is 13.5 Å². The van der Waals surface area contributed by atoms with E-state index in [1.165, 1.54) is 19.3 Å². The van der Waals surface area contributed by atoms with Gasteiger partial charge in [0.15, 0.2) is 0 Å². The molecular formula is C31H33BrN2O3. The second kappa shape index (κ2) is 11.9. The fourth-order valence-electron chi connectivity index (χ4n) is 5.12. The molecule has 0 aliphatic heterocycles. The first-order valence-corrected chi connectivity index (χ1v) is 13.8. The molecule has 1 amide bonds. The van der Waals surface area contributed by atoms with E-state index in [-0.39, 0.29) is 5.91 Å². The van der Waals surface area contributed by atoms with E-state index in [1.54, 1.807) is 7.11 Å². The van der Waals surface area contributed by atoms with E-state index in [4.69, 9.17) is 9.47 Å². The Morgan fingerprint density at radius 2 is 1.78 bits per heavy atom. The van der Waals surface area contributed by atoms with Crippen LogP contribution in [0.15, 0.2) is 77.4 Å². The number of methoxy groups -OCH3 is 1. The summed E-state index contributed by atoms with van der Waals surface area (Å²) < 4.78 is 14.8. The van der Waals surface area contributed by atoms with Gasteiger partial charge in [-0.25, -0.2) is 0 Å². The fourth-order valence-corrected chi connectivity index (χ4v) is 5.39. The summed E-state index contributed by atoms with van der Waals surface area (Å²) >= 11 is 3.48. The molecule has 0 bridgehead atoms. The quantitative estimate of drug-likeness (QED) is 0.239. The van der Waals surface area contributed by atoms with E-state index < -0.39 is 0 Å². The van der Waals surface area contributed by atoms with E-state index in [0.717, 1.165) is 56.4 Å². The van der Waals surface area contributed by atoms with Crippen LogP contribution in [-0.2, 0) is 24.4 Å². The predicted octanol–water partition coefficient (Wildman–Crippen LogP) is 7.03. The molecule has 37 heavy (non-hydrogen) atoms. The highest BCUT2D eigenvalue weighted by atomic mass is 79.9. The average molecular weight is 562 g/mol. The van der Waals surface area contributed by atoms with E-state index >= 15 is 0 Å². The Kier molecular flexibility index (Phi) is 8.15. The van der Waals surface area contributed by atoms with Crippen LogP contribution < -0.4 is 14.8 Å². The third-order valence-electron chi connectivity index (χ3n) is 7.06. The smallest absolute Gasteiger partial charge is 0.224 e. The number of carbonyl (C=O) groups is 1. The molecule has 5 rings (SSSR count). The zero-order valence-electron chi connectivity index (χ0n) is 21.2. The fraction of sp³-hybridized carbons (Fsp3) is 0.323. The molecule has 0 unspecified atom stereocenters. The summed E-state index contributed by atoms with van der Waals surface area (Å²) in [5, 5.41) is 4.32. The van der Waals surface area contributed by atoms with Crippen molar-refractivity contribution in [1.82, 2.24) is 9.88 Å². The zero-order valence-corrected chi connectivity index (χ0v) is 22.8. The molecule has 4 aromatic rings. The number of hydrogen-bond acceptors (Lipinski definition) is 3. The summed E-state index contributed by atoms with van der Waals surface area (Å²) in [5.74, 6) is 1.72. The van der Waals surface area contributed by atoms with Gasteiger partial charge in [-0.3, -0.25) is 4.79 Å². The van der Waals surface area contributed by atoms with Crippen molar-refractivity contribution in [2.24, 2.45) is 0 Å². The summed E-state index contributed by atoms with van der Waals surface area (Å²) in [5.41, 5.74) is 4.34. The lowest BCUT2D eigenvalue weighted by molar-refractivity contribution is -0.121. The van der Waals surface area contributed by atoms with Crippen LogP contribution in [0, 0.1) is 0 Å². The van der Waals surface area contributed by atoms with Crippen molar-refractivity contribution < 1.29 is 14.3 Å². The number of nitrogens with one attached hydrogen (secondary N) is 1. The monoisotopic (exact) mass is 560 g/mol. The molecule has 1 heterocycles. The van der Waals surface area contributed by atoms with Crippen LogP contribution in [-0.4, -0.2) is 23.6 Å². The third kappa shape index (κ3) is 6.55. The summed E-state index contributed by atoms with van der Waals surface area (Å²) in [7, 11) is 1.68. The minimum absolute atomic E-state index is 0.0912. The van der Waals surface area contributed by atoms with Crippen molar-refractivity contribution in [2.75, 3.05) is 7.11 Å². The molecule has 192 valence electrons. The first kappa shape index (κ1) is 25.4. The molecule has 1 saturated carbocycles. The van der Waals surface area contributed by atoms with Crippen molar-refractivity contribution in [3.05, 3.63) is 94.1 Å². The summed E-state index contributed by atoms with van der Waals surface area (Å²) in [6, 6.07) is 22.7. The number of amides is 1. The van der Waals surface area contributed by atoms with Crippen LogP contribution in [0.25, 0.3) is 10.9 Å². The second-order valence-corrected chi connectivity index (χ2v) is 10.7. The van der Waals surface area contributed by atoms with Crippen LogP contribution in [0.1, 0.15) is 48.8 Å². The largest absolute Gasteiger partial charge is 0.497 e. The number of carbonyl (C=O) groups excluding carboxylic acids is 1. The highest BCUT2D eigenvalue weighted by Gasteiger charge is 2.18. The van der Waals surface area contributed by atoms with Crippen LogP contribution in [0.4, 0.5) is 0 Å². The number of nitrogens with zero attached hydrogens (tertiary/aromatic N) is 1. The molecule has 3 aromatic carbocycles. The molecular weight excluding hydrogens is 528 g/mol. The number of halogens is 1. The minimum atomic E-state index is 0.0912. The molecule has 0 radical (unpaired) electrons. The Morgan fingerprint density at radius 1 is 0.973 bits per heavy atom. The van der Waals surface area contributed by atoms with Gasteiger partial charge in [-0.15, -0.1) is 0 Å². The van der Waals surface area contributed by atoms with E-state index in [9.17, 15) is 4.79 Å². The Balaban J connectivity index is 1.40. The third-order valence-corrected chi connectivity index (χ3v) is 7.59. The lowest BCUT2D eigenvalue weighted by Gasteiger charge is -2.22. The number of aromatic nitrogens is 1. The Morgan fingerprint density at radius 3 is 2.57 bits per heavy atom. The molecule has 1 aliphatic rings. The van der Waals surface area contributed by atoms with Crippen molar-refractivity contribution in [1.29, 1.82) is 0 Å². The maximum absolute atomic E-state index is 13.0. The van der Waals surface area contributed by atoms with Crippen LogP contribution >= 0.6 is 15.9 Å². The van der Waals surface area contributed by atoms with Crippen LogP contribution in [0.2, 0.25) is 0 Å². The van der Waals surface area contributed by atoms with Gasteiger partial charge in [0.1, 0.15) is 18.1 Å². The highest BCUT2D eigenvalue weighted by molar-refractivity contribution is 9.10. The second-order valence-electron chi connectivity index (χ2n) is 9.81. The maximum Gasteiger partial charge on any atom is 0.224 e. The van der Waals surface area contributed by atoms with Gasteiger partial charge in [0, 0.05) is 34.2 Å². The minimum Gasteiger partial charge on any atom is -0.497 e. The van der Waals surface area contributed by atoms with E-state index in [0.29, 0.717) is 25.6 Å². The summed E-state index contributed by atoms with van der Waals surface area (Å²) in [4.78, 5) is 13.0. The number of hydrogen-bond donors (Lipinski definition) is 1. The predicted molar refractivity (Wildman–Crippen MR) is 151 cm³/mol. The first-order valence-electron chi connectivity index (χ1n) is 13.0. The first-order chi connectivity index (χ1) is 18.1. The lowest BCUT2D eigenvalue weighted by Crippen LogP contribution is -2.37. The average Bonchev–Trinajstić information content (AvgIpc) is 3.24. The van der Waals surface area contributed by atoms with Gasteiger partial charge in [0.25, 0.3) is 0 Å². The zero-order chi connectivity index (χ0) is 25.6. The van der Waals surface area contributed by atoms with E-state index in [1.807, 2.05) is 42.5 Å². The SMILES string of the molecule is COc1cccc(Cn2cc(CC(=O)NC3CCCCC3)c3cc(OCc4ccc(Br)cc4)ccc32)c1. The van der Waals surface area contributed by atoms with Crippen molar-refractivity contribution >= 4 is 32.7 Å². The summed E-state index contributed by atoms with van der Waals surface area (Å²) in [6.07, 6.45) is 8.30. The molecule has 1 fully saturated rings. The Labute approximate surface area is 226 Å². The lowest BCUT2D eigenvalue weighted by atomic mass is 9.95. The molecule has 1 N–H and O–H groups in total. The topological polar surface area (TPSA) is 52.5 Å². The normalized spacial score (nSPS) is 14.0. The van der Waals surface area contributed by atoms with Crippen molar-refractivity contribution in [3.8, 4) is 11.5 Å². The number of rotatable bonds is 9. The molecule has 0 atom stereocenters. The van der Waals surface area contributed by atoms with Gasteiger partial charge in [-0.05, 0) is 72.0 Å². The summed E-state index contributed by atoms with van der Waals surface area (Å²) in [6.45, 7) is 1.18.